The number of benzene rings is 1. The molecule has 0 amide bonds. The minimum Gasteiger partial charge on any atom is -0.508 e. The smallest absolute Gasteiger partial charge is 0.131 e. The number of hydrogen-bond acceptors (Lipinski definition) is 6. The summed E-state index contributed by atoms with van der Waals surface area (Å²) in [4.78, 5) is 0. The van der Waals surface area contributed by atoms with Gasteiger partial charge in [-0.2, -0.15) is 5.10 Å². The largest absolute Gasteiger partial charge is 0.508 e. The molecule has 0 fully saturated rings. The van der Waals surface area contributed by atoms with Crippen LogP contribution in [0.3, 0.4) is 0 Å². The second kappa shape index (κ2) is 6.43. The fourth-order valence-electron chi connectivity index (χ4n) is 3.16. The van der Waals surface area contributed by atoms with Crippen LogP contribution in [-0.2, 0) is 4.74 Å². The fraction of sp³-hybridized carbons (Fsp3) is 0.471. The third-order valence-corrected chi connectivity index (χ3v) is 4.51. The quantitative estimate of drug-likeness (QED) is 0.663. The second-order valence-corrected chi connectivity index (χ2v) is 6.30. The van der Waals surface area contributed by atoms with Gasteiger partial charge < -0.3 is 25.2 Å². The van der Waals surface area contributed by atoms with Crippen LogP contribution in [0, 0.1) is 5.92 Å². The van der Waals surface area contributed by atoms with Crippen molar-refractivity contribution in [3.05, 3.63) is 36.2 Å². The van der Waals surface area contributed by atoms with E-state index in [1.807, 2.05) is 19.2 Å². The number of phenolic OH excluding ortho intramolecular Hbond substituents is 1. The molecular weight excluding hydrogens is 312 g/mol. The lowest BCUT2D eigenvalue weighted by Gasteiger charge is -2.38. The van der Waals surface area contributed by atoms with E-state index in [0.29, 0.717) is 5.76 Å². The van der Waals surface area contributed by atoms with Crippen molar-refractivity contribution in [1.29, 1.82) is 0 Å². The first-order valence-electron chi connectivity index (χ1n) is 7.90. The van der Waals surface area contributed by atoms with E-state index in [2.05, 4.69) is 5.10 Å². The van der Waals surface area contributed by atoms with Crippen LogP contribution in [0.5, 0.6) is 5.75 Å². The number of ether oxygens (including phenoxy) is 1. The van der Waals surface area contributed by atoms with E-state index in [1.54, 1.807) is 29.8 Å². The molecule has 2 unspecified atom stereocenters. The highest BCUT2D eigenvalue weighted by atomic mass is 16.5. The van der Waals surface area contributed by atoms with E-state index >= 15 is 0 Å². The number of phenols is 1. The van der Waals surface area contributed by atoms with E-state index in [4.69, 9.17) is 9.84 Å². The average molecular weight is 334 g/mol. The lowest BCUT2D eigenvalue weighted by atomic mass is 9.87. The summed E-state index contributed by atoms with van der Waals surface area (Å²) in [6.07, 6.45) is 0.605. The highest BCUT2D eigenvalue weighted by Crippen LogP contribution is 2.34. The van der Waals surface area contributed by atoms with Gasteiger partial charge in [0, 0.05) is 17.5 Å². The van der Waals surface area contributed by atoms with Crippen molar-refractivity contribution in [3.63, 3.8) is 0 Å². The van der Waals surface area contributed by atoms with E-state index in [9.17, 15) is 15.3 Å². The minimum atomic E-state index is -1.27. The van der Waals surface area contributed by atoms with Crippen LogP contribution < -0.4 is 0 Å². The van der Waals surface area contributed by atoms with Crippen molar-refractivity contribution < 1.29 is 25.2 Å². The predicted molar refractivity (Wildman–Crippen MR) is 87.3 cm³/mol. The van der Waals surface area contributed by atoms with Crippen molar-refractivity contribution in [2.75, 3.05) is 6.61 Å². The molecule has 0 bridgehead atoms. The zero-order valence-corrected chi connectivity index (χ0v) is 13.6. The molecule has 7 nitrogen and oxygen atoms in total. The first-order valence-corrected chi connectivity index (χ1v) is 7.90. The summed E-state index contributed by atoms with van der Waals surface area (Å²) in [7, 11) is 0. The van der Waals surface area contributed by atoms with Gasteiger partial charge in [0.1, 0.15) is 24.1 Å². The van der Waals surface area contributed by atoms with Crippen LogP contribution in [0.25, 0.3) is 10.9 Å². The van der Waals surface area contributed by atoms with Gasteiger partial charge in [0.25, 0.3) is 0 Å². The highest BCUT2D eigenvalue weighted by Gasteiger charge is 2.39. The van der Waals surface area contributed by atoms with E-state index in [-0.39, 0.29) is 17.7 Å². The number of aliphatic hydroxyl groups is 3. The van der Waals surface area contributed by atoms with Crippen molar-refractivity contribution in [2.45, 2.75) is 38.2 Å². The number of nitrogens with zero attached hydrogens (tertiary/aromatic N) is 2. The van der Waals surface area contributed by atoms with Crippen LogP contribution in [0.15, 0.2) is 36.2 Å². The standard InChI is InChI=1S/C17H22N2O5/c1-9-5-14(10(2)17(24-9)16(23)15(22)8-20)19-7-11-6-12(21)3-4-13(11)18-19/h3-7,10,14-17,20-23H,8H2,1-2H3/t10-,14+,15?,16?,17-/m1/s1. The van der Waals surface area contributed by atoms with Crippen LogP contribution in [0.1, 0.15) is 19.9 Å². The number of aromatic hydroxyl groups is 1. The van der Waals surface area contributed by atoms with Gasteiger partial charge in [-0.05, 0) is 31.2 Å². The monoisotopic (exact) mass is 334 g/mol. The molecule has 4 N–H and O–H groups in total. The molecule has 1 aliphatic heterocycles. The Kier molecular flexibility index (Phi) is 4.49. The Balaban J connectivity index is 1.94. The lowest BCUT2D eigenvalue weighted by Crippen LogP contribution is -2.47. The fourth-order valence-corrected chi connectivity index (χ4v) is 3.16. The molecule has 0 saturated carbocycles. The topological polar surface area (TPSA) is 108 Å². The molecule has 0 radical (unpaired) electrons. The summed E-state index contributed by atoms with van der Waals surface area (Å²) in [5.74, 6) is 0.607. The Bertz CT molecular complexity index is 757. The van der Waals surface area contributed by atoms with Gasteiger partial charge in [-0.25, -0.2) is 0 Å². The van der Waals surface area contributed by atoms with Gasteiger partial charge in [-0.3, -0.25) is 4.68 Å². The van der Waals surface area contributed by atoms with E-state index < -0.39 is 24.9 Å². The van der Waals surface area contributed by atoms with Gasteiger partial charge in [0.05, 0.1) is 23.9 Å². The molecule has 1 aromatic carbocycles. The maximum Gasteiger partial charge on any atom is 0.131 e. The summed E-state index contributed by atoms with van der Waals surface area (Å²) in [5.41, 5.74) is 0.755. The van der Waals surface area contributed by atoms with E-state index in [0.717, 1.165) is 10.9 Å². The molecule has 130 valence electrons. The SMILES string of the molecule is CC1=C[C@H](n2cc3cc(O)ccc3n2)[C@@H](C)[C@H](C(O)C(O)CO)O1. The summed E-state index contributed by atoms with van der Waals surface area (Å²) < 4.78 is 7.46. The van der Waals surface area contributed by atoms with Gasteiger partial charge in [0.2, 0.25) is 0 Å². The van der Waals surface area contributed by atoms with Crippen molar-refractivity contribution in [2.24, 2.45) is 5.92 Å². The summed E-state index contributed by atoms with van der Waals surface area (Å²) >= 11 is 0. The molecule has 7 heteroatoms. The number of rotatable bonds is 4. The Morgan fingerprint density at radius 3 is 2.79 bits per heavy atom. The van der Waals surface area contributed by atoms with Crippen LogP contribution in [0.2, 0.25) is 0 Å². The molecule has 0 aliphatic carbocycles. The third-order valence-electron chi connectivity index (χ3n) is 4.51. The first kappa shape index (κ1) is 16.8. The Morgan fingerprint density at radius 1 is 1.33 bits per heavy atom. The number of fused-ring (bicyclic) bond motifs is 1. The number of aromatic nitrogens is 2. The molecule has 3 rings (SSSR count). The molecule has 2 aromatic rings. The zero-order valence-electron chi connectivity index (χ0n) is 13.6. The molecule has 0 spiro atoms. The van der Waals surface area contributed by atoms with Crippen molar-refractivity contribution in [1.82, 2.24) is 9.78 Å². The average Bonchev–Trinajstić information content (AvgIpc) is 2.97. The first-order chi connectivity index (χ1) is 11.4. The Morgan fingerprint density at radius 2 is 2.08 bits per heavy atom. The van der Waals surface area contributed by atoms with Crippen molar-refractivity contribution >= 4 is 10.9 Å². The number of aliphatic hydroxyl groups excluding tert-OH is 3. The second-order valence-electron chi connectivity index (χ2n) is 6.30. The third kappa shape index (κ3) is 2.98. The predicted octanol–water partition coefficient (Wildman–Crippen LogP) is 0.936. The summed E-state index contributed by atoms with van der Waals surface area (Å²) in [6, 6.07) is 4.78. The zero-order chi connectivity index (χ0) is 17.4. The maximum absolute atomic E-state index is 10.2. The summed E-state index contributed by atoms with van der Waals surface area (Å²) in [6.45, 7) is 3.14. The molecule has 5 atom stereocenters. The van der Waals surface area contributed by atoms with Crippen LogP contribution in [0.4, 0.5) is 0 Å². The molecular formula is C17H22N2O5. The maximum atomic E-state index is 10.2. The highest BCUT2D eigenvalue weighted by molar-refractivity contribution is 5.79. The van der Waals surface area contributed by atoms with Gasteiger partial charge in [-0.1, -0.05) is 6.92 Å². The number of allylic oxidation sites excluding steroid dienone is 2. The van der Waals surface area contributed by atoms with Crippen LogP contribution >= 0.6 is 0 Å². The molecule has 2 heterocycles. The van der Waals surface area contributed by atoms with Gasteiger partial charge >= 0.3 is 0 Å². The van der Waals surface area contributed by atoms with Crippen molar-refractivity contribution in [3.8, 4) is 5.75 Å². The Labute approximate surface area is 139 Å². The Hall–Kier alpha value is -2.09. The van der Waals surface area contributed by atoms with Gasteiger partial charge in [-0.15, -0.1) is 0 Å². The normalized spacial score (nSPS) is 26.7. The molecule has 1 aliphatic rings. The van der Waals surface area contributed by atoms with E-state index in [1.165, 1.54) is 0 Å². The molecule has 24 heavy (non-hydrogen) atoms. The number of hydrogen-bond donors (Lipinski definition) is 4. The molecule has 0 saturated heterocycles. The lowest BCUT2D eigenvalue weighted by molar-refractivity contribution is -0.113. The van der Waals surface area contributed by atoms with Gasteiger partial charge in [0.15, 0.2) is 0 Å². The summed E-state index contributed by atoms with van der Waals surface area (Å²) in [5, 5.41) is 44.0. The minimum absolute atomic E-state index is 0.174. The molecule has 1 aromatic heterocycles. The van der Waals surface area contributed by atoms with Crippen LogP contribution in [-0.4, -0.2) is 55.1 Å².